The van der Waals surface area contributed by atoms with Crippen molar-refractivity contribution in [1.29, 1.82) is 0 Å². The standard InChI is InChI=1S/C16H24BrNO3/c1-5-20-14-8-7-13(9-15(14)21-6-2)16(19)18-12(4)11(3)10-17/h7-9,11-12H,5-6,10H2,1-4H3,(H,18,19). The van der Waals surface area contributed by atoms with Crippen molar-refractivity contribution < 1.29 is 14.3 Å². The molecular formula is C16H24BrNO3. The van der Waals surface area contributed by atoms with Crippen LogP contribution in [0, 0.1) is 5.92 Å². The van der Waals surface area contributed by atoms with E-state index in [4.69, 9.17) is 9.47 Å². The molecule has 1 amide bonds. The molecule has 0 aliphatic rings. The number of hydrogen-bond donors (Lipinski definition) is 1. The summed E-state index contributed by atoms with van der Waals surface area (Å²) in [4.78, 5) is 12.3. The highest BCUT2D eigenvalue weighted by Crippen LogP contribution is 2.28. The molecule has 1 aromatic carbocycles. The number of benzene rings is 1. The van der Waals surface area contributed by atoms with Crippen LogP contribution >= 0.6 is 15.9 Å². The fourth-order valence-corrected chi connectivity index (χ4v) is 2.32. The van der Waals surface area contributed by atoms with E-state index in [1.807, 2.05) is 20.8 Å². The number of rotatable bonds is 8. The highest BCUT2D eigenvalue weighted by atomic mass is 79.9. The summed E-state index contributed by atoms with van der Waals surface area (Å²) in [5, 5.41) is 3.85. The molecule has 1 N–H and O–H groups in total. The number of carbonyl (C=O) groups excluding carboxylic acids is 1. The Bertz CT molecular complexity index is 465. The summed E-state index contributed by atoms with van der Waals surface area (Å²) in [5.74, 6) is 1.54. The second kappa shape index (κ2) is 8.93. The second-order valence-corrected chi connectivity index (χ2v) is 5.57. The van der Waals surface area contributed by atoms with E-state index in [0.717, 1.165) is 5.33 Å². The van der Waals surface area contributed by atoms with Crippen molar-refractivity contribution in [2.24, 2.45) is 5.92 Å². The first-order chi connectivity index (χ1) is 10.0. The Morgan fingerprint density at radius 1 is 1.19 bits per heavy atom. The van der Waals surface area contributed by atoms with Crippen LogP contribution in [0.3, 0.4) is 0 Å². The molecule has 4 nitrogen and oxygen atoms in total. The maximum atomic E-state index is 12.3. The first-order valence-electron chi connectivity index (χ1n) is 7.29. The van der Waals surface area contributed by atoms with Gasteiger partial charge >= 0.3 is 0 Å². The second-order valence-electron chi connectivity index (χ2n) is 4.92. The molecule has 2 unspecified atom stereocenters. The maximum absolute atomic E-state index is 12.3. The topological polar surface area (TPSA) is 47.6 Å². The molecule has 0 aliphatic carbocycles. The summed E-state index contributed by atoms with van der Waals surface area (Å²) in [7, 11) is 0. The highest BCUT2D eigenvalue weighted by Gasteiger charge is 2.16. The molecule has 0 aromatic heterocycles. The average molecular weight is 358 g/mol. The Balaban J connectivity index is 2.87. The largest absolute Gasteiger partial charge is 0.490 e. The molecule has 0 radical (unpaired) electrons. The molecule has 0 saturated heterocycles. The van der Waals surface area contributed by atoms with Crippen LogP contribution < -0.4 is 14.8 Å². The van der Waals surface area contributed by atoms with Gasteiger partial charge in [-0.25, -0.2) is 0 Å². The molecule has 0 heterocycles. The zero-order valence-electron chi connectivity index (χ0n) is 13.1. The van der Waals surface area contributed by atoms with Crippen LogP contribution in [0.15, 0.2) is 18.2 Å². The molecule has 2 atom stereocenters. The van der Waals surface area contributed by atoms with Gasteiger partial charge in [-0.1, -0.05) is 22.9 Å². The van der Waals surface area contributed by atoms with Crippen molar-refractivity contribution in [2.45, 2.75) is 33.7 Å². The molecule has 5 heteroatoms. The van der Waals surface area contributed by atoms with E-state index in [2.05, 4.69) is 28.2 Å². The van der Waals surface area contributed by atoms with Crippen molar-refractivity contribution in [3.05, 3.63) is 23.8 Å². The van der Waals surface area contributed by atoms with Gasteiger partial charge in [-0.05, 0) is 44.9 Å². The lowest BCUT2D eigenvalue weighted by Crippen LogP contribution is -2.37. The zero-order valence-corrected chi connectivity index (χ0v) is 14.7. The van der Waals surface area contributed by atoms with Crippen molar-refractivity contribution >= 4 is 21.8 Å². The van der Waals surface area contributed by atoms with E-state index in [0.29, 0.717) is 36.2 Å². The first-order valence-corrected chi connectivity index (χ1v) is 8.42. The number of amides is 1. The van der Waals surface area contributed by atoms with Gasteiger partial charge in [0, 0.05) is 16.9 Å². The third-order valence-corrected chi connectivity index (χ3v) is 4.28. The lowest BCUT2D eigenvalue weighted by molar-refractivity contribution is 0.0930. The number of nitrogens with one attached hydrogen (secondary N) is 1. The van der Waals surface area contributed by atoms with Gasteiger partial charge < -0.3 is 14.8 Å². The maximum Gasteiger partial charge on any atom is 0.251 e. The fraction of sp³-hybridized carbons (Fsp3) is 0.562. The van der Waals surface area contributed by atoms with E-state index >= 15 is 0 Å². The molecule has 1 aromatic rings. The zero-order chi connectivity index (χ0) is 15.8. The third-order valence-electron chi connectivity index (χ3n) is 3.26. The monoisotopic (exact) mass is 357 g/mol. The van der Waals surface area contributed by atoms with Crippen LogP contribution in [-0.4, -0.2) is 30.5 Å². The molecule has 0 bridgehead atoms. The predicted molar refractivity (Wildman–Crippen MR) is 88.7 cm³/mol. The molecule has 0 fully saturated rings. The van der Waals surface area contributed by atoms with Gasteiger partial charge in [-0.2, -0.15) is 0 Å². The van der Waals surface area contributed by atoms with Crippen molar-refractivity contribution in [3.63, 3.8) is 0 Å². The highest BCUT2D eigenvalue weighted by molar-refractivity contribution is 9.09. The van der Waals surface area contributed by atoms with Crippen LogP contribution in [0.25, 0.3) is 0 Å². The van der Waals surface area contributed by atoms with Gasteiger partial charge in [0.15, 0.2) is 11.5 Å². The van der Waals surface area contributed by atoms with E-state index in [1.165, 1.54) is 0 Å². The van der Waals surface area contributed by atoms with Gasteiger partial charge in [0.25, 0.3) is 5.91 Å². The van der Waals surface area contributed by atoms with Gasteiger partial charge in [0.2, 0.25) is 0 Å². The number of carbonyl (C=O) groups is 1. The normalized spacial score (nSPS) is 13.4. The van der Waals surface area contributed by atoms with Crippen LogP contribution in [0.4, 0.5) is 0 Å². The van der Waals surface area contributed by atoms with E-state index < -0.39 is 0 Å². The number of alkyl halides is 1. The molecule has 1 rings (SSSR count). The predicted octanol–water partition coefficient (Wildman–Crippen LogP) is 3.63. The Morgan fingerprint density at radius 2 is 1.81 bits per heavy atom. The third kappa shape index (κ3) is 5.23. The Morgan fingerprint density at radius 3 is 2.38 bits per heavy atom. The Labute approximate surface area is 135 Å². The van der Waals surface area contributed by atoms with Crippen molar-refractivity contribution in [3.8, 4) is 11.5 Å². The quantitative estimate of drug-likeness (QED) is 0.722. The molecule has 0 aliphatic heterocycles. The fourth-order valence-electron chi connectivity index (χ4n) is 1.76. The summed E-state index contributed by atoms with van der Waals surface area (Å²) in [6.07, 6.45) is 0. The minimum atomic E-state index is -0.0979. The molecule has 0 saturated carbocycles. The summed E-state index contributed by atoms with van der Waals surface area (Å²) in [6.45, 7) is 9.00. The van der Waals surface area contributed by atoms with Crippen molar-refractivity contribution in [1.82, 2.24) is 5.32 Å². The van der Waals surface area contributed by atoms with Gasteiger partial charge in [0.05, 0.1) is 13.2 Å². The molecule has 118 valence electrons. The summed E-state index contributed by atoms with van der Waals surface area (Å²) in [5.41, 5.74) is 0.579. The summed E-state index contributed by atoms with van der Waals surface area (Å²) < 4.78 is 11.0. The van der Waals surface area contributed by atoms with Crippen molar-refractivity contribution in [2.75, 3.05) is 18.5 Å². The van der Waals surface area contributed by atoms with Crippen LogP contribution in [0.2, 0.25) is 0 Å². The minimum absolute atomic E-state index is 0.0963. The van der Waals surface area contributed by atoms with Crippen LogP contribution in [-0.2, 0) is 0 Å². The summed E-state index contributed by atoms with van der Waals surface area (Å²) in [6, 6.07) is 5.37. The number of ether oxygens (including phenoxy) is 2. The Kier molecular flexibility index (Phi) is 7.57. The first kappa shape index (κ1) is 17.8. The van der Waals surface area contributed by atoms with Crippen LogP contribution in [0.5, 0.6) is 11.5 Å². The molecule has 21 heavy (non-hydrogen) atoms. The summed E-state index contributed by atoms with van der Waals surface area (Å²) >= 11 is 3.43. The SMILES string of the molecule is CCOc1ccc(C(=O)NC(C)C(C)CBr)cc1OCC. The average Bonchev–Trinajstić information content (AvgIpc) is 2.48. The lowest BCUT2D eigenvalue weighted by Gasteiger charge is -2.19. The Hall–Kier alpha value is -1.23. The molecular weight excluding hydrogens is 334 g/mol. The molecule has 0 spiro atoms. The van der Waals surface area contributed by atoms with E-state index in [1.54, 1.807) is 18.2 Å². The van der Waals surface area contributed by atoms with Crippen LogP contribution in [0.1, 0.15) is 38.1 Å². The van der Waals surface area contributed by atoms with Gasteiger partial charge in [0.1, 0.15) is 0 Å². The smallest absolute Gasteiger partial charge is 0.251 e. The van der Waals surface area contributed by atoms with E-state index in [-0.39, 0.29) is 11.9 Å². The number of halogens is 1. The van der Waals surface area contributed by atoms with Gasteiger partial charge in [-0.15, -0.1) is 0 Å². The minimum Gasteiger partial charge on any atom is -0.490 e. The van der Waals surface area contributed by atoms with E-state index in [9.17, 15) is 4.79 Å². The van der Waals surface area contributed by atoms with Gasteiger partial charge in [-0.3, -0.25) is 4.79 Å². The number of hydrogen-bond acceptors (Lipinski definition) is 3. The lowest BCUT2D eigenvalue weighted by atomic mass is 10.1.